The van der Waals surface area contributed by atoms with E-state index in [9.17, 15) is 24.6 Å². The Labute approximate surface area is 212 Å². The van der Waals surface area contributed by atoms with Crippen molar-refractivity contribution in [3.8, 4) is 5.75 Å². The van der Waals surface area contributed by atoms with Crippen LogP contribution in [0.3, 0.4) is 0 Å². The number of phenolic OH excluding ortho intramolecular Hbond substituents is 1. The summed E-state index contributed by atoms with van der Waals surface area (Å²) in [7, 11) is 0. The first-order valence-electron chi connectivity index (χ1n) is 12.8. The van der Waals surface area contributed by atoms with Gasteiger partial charge in [0.05, 0.1) is 11.5 Å². The average molecular weight is 497 g/mol. The van der Waals surface area contributed by atoms with E-state index in [4.69, 9.17) is 9.47 Å². The number of aliphatic hydroxyl groups is 1. The lowest BCUT2D eigenvalue weighted by molar-refractivity contribution is -0.149. The molecule has 0 amide bonds. The molecule has 0 unspecified atom stereocenters. The third-order valence-electron chi connectivity index (χ3n) is 8.59. The zero-order chi connectivity index (χ0) is 26.1. The quantitative estimate of drug-likeness (QED) is 0.410. The molecule has 1 heterocycles. The van der Waals surface area contributed by atoms with E-state index < -0.39 is 17.5 Å². The summed E-state index contributed by atoms with van der Waals surface area (Å²) in [6, 6.07) is 6.67. The van der Waals surface area contributed by atoms with Crippen LogP contribution in [0, 0.1) is 16.7 Å². The molecule has 0 aromatic heterocycles. The number of aromatic hydroxyl groups is 1. The van der Waals surface area contributed by atoms with Crippen LogP contribution in [0.2, 0.25) is 0 Å². The van der Waals surface area contributed by atoms with Crippen LogP contribution in [-0.4, -0.2) is 47.3 Å². The molecule has 1 aromatic carbocycles. The van der Waals surface area contributed by atoms with Crippen LogP contribution in [0.15, 0.2) is 47.1 Å². The molecule has 7 heteroatoms. The second-order valence-corrected chi connectivity index (χ2v) is 11.0. The van der Waals surface area contributed by atoms with Crippen molar-refractivity contribution in [1.82, 2.24) is 0 Å². The number of esters is 2. The van der Waals surface area contributed by atoms with Crippen molar-refractivity contribution in [2.24, 2.45) is 16.7 Å². The van der Waals surface area contributed by atoms with Gasteiger partial charge in [0, 0.05) is 18.9 Å². The van der Waals surface area contributed by atoms with Gasteiger partial charge in [0.1, 0.15) is 24.7 Å². The van der Waals surface area contributed by atoms with Gasteiger partial charge in [-0.15, -0.1) is 0 Å². The Balaban J connectivity index is 1.51. The molecule has 4 atom stereocenters. The van der Waals surface area contributed by atoms with E-state index in [1.807, 2.05) is 0 Å². The molecule has 0 fully saturated rings. The van der Waals surface area contributed by atoms with Crippen LogP contribution >= 0.6 is 0 Å². The summed E-state index contributed by atoms with van der Waals surface area (Å²) in [5, 5.41) is 20.6. The van der Waals surface area contributed by atoms with E-state index in [0.717, 1.165) is 35.1 Å². The Bertz CT molecular complexity index is 1100. The third kappa shape index (κ3) is 5.12. The minimum absolute atomic E-state index is 0.0129. The van der Waals surface area contributed by atoms with Crippen molar-refractivity contribution in [2.75, 3.05) is 13.2 Å². The lowest BCUT2D eigenvalue weighted by Gasteiger charge is -2.51. The number of carbonyl (C=O) groups is 3. The van der Waals surface area contributed by atoms with Gasteiger partial charge in [-0.2, -0.15) is 0 Å². The predicted molar refractivity (Wildman–Crippen MR) is 133 cm³/mol. The number of allylic oxidation sites excluding steroid dienone is 1. The van der Waals surface area contributed by atoms with Crippen LogP contribution in [0.25, 0.3) is 0 Å². The fraction of sp³-hybridized carbons (Fsp3) is 0.552. The lowest BCUT2D eigenvalue weighted by Crippen LogP contribution is -2.49. The molecule has 0 saturated carbocycles. The summed E-state index contributed by atoms with van der Waals surface area (Å²) < 4.78 is 10.7. The maximum Gasteiger partial charge on any atom is 0.331 e. The maximum absolute atomic E-state index is 13.2. The van der Waals surface area contributed by atoms with Crippen LogP contribution in [-0.2, 0) is 30.3 Å². The Morgan fingerprint density at radius 2 is 1.86 bits per heavy atom. The standard InChI is InChI=1S/C29H36O7/c1-18-14-23(31)27-22(28(18,2)13-12-20-15-26(34)35-16-20)9-10-24(32)29(27,3)17-36-25(33)11-6-19-4-7-21(30)8-5-19/h4-5,7-8,15,18,23,30-31H,6,9-14,16-17H2,1-3H3/t18-,23+,28+,29-/m0/s1. The molecule has 0 radical (unpaired) electrons. The Morgan fingerprint density at radius 1 is 1.14 bits per heavy atom. The maximum atomic E-state index is 13.2. The number of rotatable bonds is 8. The number of hydrogen-bond acceptors (Lipinski definition) is 7. The number of hydrogen-bond donors (Lipinski definition) is 2. The normalized spacial score (nSPS) is 30.1. The molecule has 0 bridgehead atoms. The molecule has 2 aliphatic carbocycles. The molecule has 1 aliphatic heterocycles. The summed E-state index contributed by atoms with van der Waals surface area (Å²) in [6.07, 6.45) is 4.41. The first kappa shape index (κ1) is 26.1. The zero-order valence-electron chi connectivity index (χ0n) is 21.3. The van der Waals surface area contributed by atoms with Gasteiger partial charge in [0.2, 0.25) is 0 Å². The highest BCUT2D eigenvalue weighted by atomic mass is 16.5. The Hall–Kier alpha value is -2.93. The van der Waals surface area contributed by atoms with Gasteiger partial charge in [0.25, 0.3) is 0 Å². The molecule has 194 valence electrons. The second-order valence-electron chi connectivity index (χ2n) is 11.0. The van der Waals surface area contributed by atoms with Gasteiger partial charge in [-0.3, -0.25) is 9.59 Å². The smallest absolute Gasteiger partial charge is 0.331 e. The zero-order valence-corrected chi connectivity index (χ0v) is 21.3. The minimum Gasteiger partial charge on any atom is -0.508 e. The van der Waals surface area contributed by atoms with E-state index in [0.29, 0.717) is 32.3 Å². The predicted octanol–water partition coefficient (Wildman–Crippen LogP) is 4.20. The van der Waals surface area contributed by atoms with Gasteiger partial charge in [-0.25, -0.2) is 4.79 Å². The summed E-state index contributed by atoms with van der Waals surface area (Å²) in [5.41, 5.74) is 2.39. The summed E-state index contributed by atoms with van der Waals surface area (Å²) >= 11 is 0. The number of aryl methyl sites for hydroxylation is 1. The molecule has 0 spiro atoms. The van der Waals surface area contributed by atoms with Gasteiger partial charge in [-0.05, 0) is 79.2 Å². The molecular formula is C29H36O7. The highest BCUT2D eigenvalue weighted by Crippen LogP contribution is 2.56. The topological polar surface area (TPSA) is 110 Å². The number of carbonyl (C=O) groups excluding carboxylic acids is 3. The number of ether oxygens (including phenoxy) is 2. The van der Waals surface area contributed by atoms with Crippen LogP contribution in [0.4, 0.5) is 0 Å². The summed E-state index contributed by atoms with van der Waals surface area (Å²) in [5.74, 6) is -0.353. The molecule has 4 rings (SSSR count). The van der Waals surface area contributed by atoms with Crippen LogP contribution in [0.5, 0.6) is 5.75 Å². The van der Waals surface area contributed by atoms with Gasteiger partial charge in [0.15, 0.2) is 0 Å². The monoisotopic (exact) mass is 496 g/mol. The fourth-order valence-electron chi connectivity index (χ4n) is 6.04. The minimum atomic E-state index is -1.06. The first-order valence-corrected chi connectivity index (χ1v) is 12.8. The number of ketones is 1. The number of benzene rings is 1. The molecular weight excluding hydrogens is 460 g/mol. The Kier molecular flexibility index (Phi) is 7.41. The lowest BCUT2D eigenvalue weighted by atomic mass is 9.54. The molecule has 0 saturated heterocycles. The van der Waals surface area contributed by atoms with Crippen molar-refractivity contribution in [2.45, 2.75) is 71.8 Å². The fourth-order valence-corrected chi connectivity index (χ4v) is 6.04. The number of Topliss-reactive ketones (excluding diaryl/α,β-unsaturated/α-hetero) is 1. The first-order chi connectivity index (χ1) is 17.0. The summed E-state index contributed by atoms with van der Waals surface area (Å²) in [4.78, 5) is 37.3. The summed E-state index contributed by atoms with van der Waals surface area (Å²) in [6.45, 7) is 6.36. The van der Waals surface area contributed by atoms with Crippen molar-refractivity contribution < 1.29 is 34.1 Å². The van der Waals surface area contributed by atoms with E-state index in [1.54, 1.807) is 37.3 Å². The highest BCUT2D eigenvalue weighted by Gasteiger charge is 2.52. The van der Waals surface area contributed by atoms with E-state index in [-0.39, 0.29) is 41.9 Å². The van der Waals surface area contributed by atoms with Crippen molar-refractivity contribution in [1.29, 1.82) is 0 Å². The van der Waals surface area contributed by atoms with Crippen LogP contribution < -0.4 is 0 Å². The molecule has 7 nitrogen and oxygen atoms in total. The van der Waals surface area contributed by atoms with Gasteiger partial charge in [-0.1, -0.05) is 31.6 Å². The van der Waals surface area contributed by atoms with Crippen LogP contribution in [0.1, 0.15) is 64.9 Å². The van der Waals surface area contributed by atoms with E-state index in [1.165, 1.54) is 0 Å². The Morgan fingerprint density at radius 3 is 2.53 bits per heavy atom. The van der Waals surface area contributed by atoms with E-state index in [2.05, 4.69) is 13.8 Å². The second kappa shape index (κ2) is 10.2. The van der Waals surface area contributed by atoms with Crippen molar-refractivity contribution in [3.05, 3.63) is 52.6 Å². The van der Waals surface area contributed by atoms with Gasteiger partial charge >= 0.3 is 11.9 Å². The van der Waals surface area contributed by atoms with Crippen molar-refractivity contribution in [3.63, 3.8) is 0 Å². The van der Waals surface area contributed by atoms with Gasteiger partial charge < -0.3 is 19.7 Å². The SMILES string of the molecule is C[C@H]1C[C@@H](O)C2=C(CCC(=O)[C@]2(C)COC(=O)CCc2ccc(O)cc2)[C@]1(C)CCC1=CC(=O)OC1. The van der Waals surface area contributed by atoms with E-state index >= 15 is 0 Å². The molecule has 36 heavy (non-hydrogen) atoms. The average Bonchev–Trinajstić information content (AvgIpc) is 3.26. The third-order valence-corrected chi connectivity index (χ3v) is 8.59. The number of cyclic esters (lactones) is 1. The highest BCUT2D eigenvalue weighted by molar-refractivity contribution is 5.90. The molecule has 2 N–H and O–H groups in total. The number of aliphatic hydroxyl groups excluding tert-OH is 1. The number of phenols is 1. The molecule has 1 aromatic rings. The largest absolute Gasteiger partial charge is 0.508 e. The van der Waals surface area contributed by atoms with Crippen molar-refractivity contribution >= 4 is 17.7 Å². The molecule has 3 aliphatic rings.